The van der Waals surface area contributed by atoms with E-state index in [9.17, 15) is 4.79 Å². The zero-order chi connectivity index (χ0) is 16.6. The SMILES string of the molecule is NC1CCCC12CCN(C(=O)C1NCCC1c1ccccc1)CC2. The first-order chi connectivity index (χ1) is 11.7. The van der Waals surface area contributed by atoms with Crippen LogP contribution in [0.2, 0.25) is 0 Å². The van der Waals surface area contributed by atoms with E-state index in [-0.39, 0.29) is 6.04 Å². The number of benzene rings is 1. The number of likely N-dealkylation sites (tertiary alicyclic amines) is 1. The number of nitrogens with zero attached hydrogens (tertiary/aromatic N) is 1. The average molecular weight is 327 g/mol. The van der Waals surface area contributed by atoms with Gasteiger partial charge in [0.25, 0.3) is 0 Å². The number of nitrogens with two attached hydrogens (primary N) is 1. The smallest absolute Gasteiger partial charge is 0.240 e. The number of hydrogen-bond donors (Lipinski definition) is 2. The summed E-state index contributed by atoms with van der Waals surface area (Å²) in [7, 11) is 0. The Balaban J connectivity index is 1.43. The lowest BCUT2D eigenvalue weighted by Gasteiger charge is -2.43. The van der Waals surface area contributed by atoms with Crippen LogP contribution in [0.25, 0.3) is 0 Å². The Morgan fingerprint density at radius 3 is 2.54 bits per heavy atom. The third kappa shape index (κ3) is 2.76. The van der Waals surface area contributed by atoms with E-state index in [1.165, 1.54) is 18.4 Å². The zero-order valence-corrected chi connectivity index (χ0v) is 14.4. The maximum Gasteiger partial charge on any atom is 0.240 e. The number of carbonyl (C=O) groups excluding carboxylic acids is 1. The van der Waals surface area contributed by atoms with E-state index in [0.29, 0.717) is 23.3 Å². The molecule has 24 heavy (non-hydrogen) atoms. The van der Waals surface area contributed by atoms with E-state index < -0.39 is 0 Å². The summed E-state index contributed by atoms with van der Waals surface area (Å²) in [6.07, 6.45) is 6.89. The first-order valence-electron chi connectivity index (χ1n) is 9.52. The Hall–Kier alpha value is -1.39. The van der Waals surface area contributed by atoms with Crippen LogP contribution in [0.4, 0.5) is 0 Å². The molecule has 1 aromatic carbocycles. The van der Waals surface area contributed by atoms with Crippen molar-refractivity contribution < 1.29 is 4.79 Å². The summed E-state index contributed by atoms with van der Waals surface area (Å²) >= 11 is 0. The van der Waals surface area contributed by atoms with Crippen LogP contribution in [0.15, 0.2) is 30.3 Å². The van der Waals surface area contributed by atoms with Gasteiger partial charge in [-0.3, -0.25) is 4.79 Å². The van der Waals surface area contributed by atoms with E-state index >= 15 is 0 Å². The largest absolute Gasteiger partial charge is 0.341 e. The van der Waals surface area contributed by atoms with Gasteiger partial charge in [0.1, 0.15) is 0 Å². The van der Waals surface area contributed by atoms with Crippen molar-refractivity contribution in [2.24, 2.45) is 11.1 Å². The molecule has 4 heteroatoms. The van der Waals surface area contributed by atoms with Crippen molar-refractivity contribution in [1.82, 2.24) is 10.2 Å². The summed E-state index contributed by atoms with van der Waals surface area (Å²) < 4.78 is 0. The van der Waals surface area contributed by atoms with Gasteiger partial charge in [-0.05, 0) is 49.6 Å². The maximum absolute atomic E-state index is 13.1. The normalized spacial score (nSPS) is 32.4. The summed E-state index contributed by atoms with van der Waals surface area (Å²) in [4.78, 5) is 15.2. The number of nitrogens with one attached hydrogen (secondary N) is 1. The summed E-state index contributed by atoms with van der Waals surface area (Å²) in [5, 5.41) is 3.46. The van der Waals surface area contributed by atoms with E-state index in [2.05, 4.69) is 34.5 Å². The molecule has 2 saturated heterocycles. The fraction of sp³-hybridized carbons (Fsp3) is 0.650. The molecule has 4 nitrogen and oxygen atoms in total. The molecule has 3 unspecified atom stereocenters. The third-order valence-corrected chi connectivity index (χ3v) is 6.76. The van der Waals surface area contributed by atoms with Crippen molar-refractivity contribution in [3.8, 4) is 0 Å². The average Bonchev–Trinajstić information content (AvgIpc) is 3.24. The maximum atomic E-state index is 13.1. The number of hydrogen-bond acceptors (Lipinski definition) is 3. The minimum Gasteiger partial charge on any atom is -0.341 e. The molecule has 130 valence electrons. The molecule has 1 amide bonds. The van der Waals surface area contributed by atoms with Crippen LogP contribution < -0.4 is 11.1 Å². The third-order valence-electron chi connectivity index (χ3n) is 6.76. The highest BCUT2D eigenvalue weighted by atomic mass is 16.2. The fourth-order valence-electron chi connectivity index (χ4n) is 5.18. The van der Waals surface area contributed by atoms with Gasteiger partial charge in [0.2, 0.25) is 5.91 Å². The Morgan fingerprint density at radius 2 is 1.88 bits per heavy atom. The highest BCUT2D eigenvalue weighted by Gasteiger charge is 2.45. The van der Waals surface area contributed by atoms with Crippen LogP contribution in [0, 0.1) is 5.41 Å². The molecule has 1 aromatic rings. The number of amides is 1. The predicted octanol–water partition coefficient (Wildman–Crippen LogP) is 2.25. The molecule has 2 heterocycles. The quantitative estimate of drug-likeness (QED) is 0.876. The van der Waals surface area contributed by atoms with Gasteiger partial charge in [0, 0.05) is 25.0 Å². The Bertz CT molecular complexity index is 580. The van der Waals surface area contributed by atoms with Gasteiger partial charge in [0.15, 0.2) is 0 Å². The first-order valence-corrected chi connectivity index (χ1v) is 9.52. The van der Waals surface area contributed by atoms with Crippen molar-refractivity contribution in [2.45, 2.75) is 56.5 Å². The monoisotopic (exact) mass is 327 g/mol. The van der Waals surface area contributed by atoms with Crippen molar-refractivity contribution in [1.29, 1.82) is 0 Å². The van der Waals surface area contributed by atoms with Crippen LogP contribution in [0.1, 0.15) is 50.0 Å². The van der Waals surface area contributed by atoms with Gasteiger partial charge in [-0.1, -0.05) is 36.8 Å². The van der Waals surface area contributed by atoms with E-state index in [1.807, 2.05) is 6.07 Å². The topological polar surface area (TPSA) is 58.4 Å². The van der Waals surface area contributed by atoms with Gasteiger partial charge < -0.3 is 16.0 Å². The minimum atomic E-state index is -0.0568. The van der Waals surface area contributed by atoms with Crippen LogP contribution in [0.5, 0.6) is 0 Å². The molecule has 1 aliphatic carbocycles. The van der Waals surface area contributed by atoms with Crippen LogP contribution in [0.3, 0.4) is 0 Å². The fourth-order valence-corrected chi connectivity index (χ4v) is 5.18. The van der Waals surface area contributed by atoms with Gasteiger partial charge >= 0.3 is 0 Å². The molecule has 1 saturated carbocycles. The predicted molar refractivity (Wildman–Crippen MR) is 95.7 cm³/mol. The molecule has 3 fully saturated rings. The molecule has 3 N–H and O–H groups in total. The van der Waals surface area contributed by atoms with Crippen molar-refractivity contribution in [2.75, 3.05) is 19.6 Å². The Kier molecular flexibility index (Phi) is 4.35. The minimum absolute atomic E-state index is 0.0568. The summed E-state index contributed by atoms with van der Waals surface area (Å²) in [5.74, 6) is 0.603. The van der Waals surface area contributed by atoms with Crippen LogP contribution >= 0.6 is 0 Å². The molecule has 0 radical (unpaired) electrons. The highest BCUT2D eigenvalue weighted by molar-refractivity contribution is 5.83. The lowest BCUT2D eigenvalue weighted by molar-refractivity contribution is -0.135. The zero-order valence-electron chi connectivity index (χ0n) is 14.4. The summed E-state index contributed by atoms with van der Waals surface area (Å²) in [6.45, 7) is 2.69. The second kappa shape index (κ2) is 6.49. The highest BCUT2D eigenvalue weighted by Crippen LogP contribution is 2.45. The molecule has 4 rings (SSSR count). The van der Waals surface area contributed by atoms with E-state index in [4.69, 9.17) is 5.73 Å². The lowest BCUT2D eigenvalue weighted by atomic mass is 9.74. The standard InChI is InChI=1S/C20H29N3O/c21-17-7-4-9-20(17)10-13-23(14-11-20)19(24)18-16(8-12-22-18)15-5-2-1-3-6-15/h1-3,5-6,16-18,22H,4,7-14,21H2. The van der Waals surface area contributed by atoms with Gasteiger partial charge in [-0.25, -0.2) is 0 Å². The molecule has 0 aromatic heterocycles. The molecule has 3 aliphatic rings. The lowest BCUT2D eigenvalue weighted by Crippen LogP contribution is -2.52. The van der Waals surface area contributed by atoms with Gasteiger partial charge in [0.05, 0.1) is 6.04 Å². The first kappa shape index (κ1) is 16.1. The van der Waals surface area contributed by atoms with Crippen molar-refractivity contribution in [3.05, 3.63) is 35.9 Å². The van der Waals surface area contributed by atoms with Crippen molar-refractivity contribution >= 4 is 5.91 Å². The van der Waals surface area contributed by atoms with E-state index in [0.717, 1.165) is 45.3 Å². The molecule has 2 aliphatic heterocycles. The Morgan fingerprint density at radius 1 is 1.12 bits per heavy atom. The van der Waals surface area contributed by atoms with E-state index in [1.54, 1.807) is 0 Å². The molecular formula is C20H29N3O. The Labute approximate surface area is 144 Å². The number of carbonyl (C=O) groups is 1. The molecule has 0 bridgehead atoms. The molecular weight excluding hydrogens is 298 g/mol. The molecule has 1 spiro atoms. The van der Waals surface area contributed by atoms with Crippen molar-refractivity contribution in [3.63, 3.8) is 0 Å². The number of rotatable bonds is 2. The van der Waals surface area contributed by atoms with Gasteiger partial charge in [-0.2, -0.15) is 0 Å². The van der Waals surface area contributed by atoms with Crippen LogP contribution in [-0.4, -0.2) is 42.5 Å². The van der Waals surface area contributed by atoms with Gasteiger partial charge in [-0.15, -0.1) is 0 Å². The second-order valence-electron chi connectivity index (χ2n) is 7.92. The second-order valence-corrected chi connectivity index (χ2v) is 7.92. The number of piperidine rings is 1. The van der Waals surface area contributed by atoms with Crippen LogP contribution in [-0.2, 0) is 4.79 Å². The molecule has 3 atom stereocenters. The summed E-state index contributed by atoms with van der Waals surface area (Å²) in [5.41, 5.74) is 7.97. The summed E-state index contributed by atoms with van der Waals surface area (Å²) in [6, 6.07) is 10.8.